The molecule has 1 nitrogen and oxygen atoms in total. The average Bonchev–Trinajstić information content (AvgIpc) is 2.12. The van der Waals surface area contributed by atoms with E-state index in [9.17, 15) is 5.11 Å². The molecule has 1 heterocycles. The number of aliphatic hydroxyl groups excluding tert-OH is 1. The van der Waals surface area contributed by atoms with E-state index >= 15 is 0 Å². The Bertz CT molecular complexity index is 285. The van der Waals surface area contributed by atoms with E-state index in [2.05, 4.69) is 25.1 Å². The Balaban J connectivity index is 2.42. The largest absolute Gasteiger partial charge is 0.392 e. The average molecular weight is 180 g/mol. The lowest BCUT2D eigenvalue weighted by Gasteiger charge is -2.26. The number of thioether (sulfide) groups is 1. The summed E-state index contributed by atoms with van der Waals surface area (Å²) in [5, 5.41) is 9.60. The molecule has 0 unspecified atom stereocenters. The maximum Gasteiger partial charge on any atom is 0.0700 e. The van der Waals surface area contributed by atoms with E-state index in [0.29, 0.717) is 5.92 Å². The van der Waals surface area contributed by atoms with Crippen molar-refractivity contribution in [3.05, 3.63) is 29.8 Å². The van der Waals surface area contributed by atoms with Gasteiger partial charge in [0.2, 0.25) is 0 Å². The van der Waals surface area contributed by atoms with Crippen LogP contribution in [0.3, 0.4) is 0 Å². The van der Waals surface area contributed by atoms with Crippen LogP contribution in [0.2, 0.25) is 0 Å². The number of rotatable bonds is 0. The molecule has 1 N–H and O–H groups in total. The Labute approximate surface area is 76.8 Å². The number of aliphatic hydroxyl groups is 1. The van der Waals surface area contributed by atoms with Gasteiger partial charge in [0.25, 0.3) is 0 Å². The number of benzene rings is 1. The zero-order valence-electron chi connectivity index (χ0n) is 7.03. The first kappa shape index (κ1) is 8.14. The van der Waals surface area contributed by atoms with Crippen LogP contribution in [0.4, 0.5) is 0 Å². The molecule has 0 radical (unpaired) electrons. The second kappa shape index (κ2) is 3.11. The quantitative estimate of drug-likeness (QED) is 0.661. The highest BCUT2D eigenvalue weighted by Gasteiger charge is 2.23. The Kier molecular flexibility index (Phi) is 2.11. The molecule has 1 aromatic rings. The Morgan fingerprint density at radius 1 is 1.42 bits per heavy atom. The van der Waals surface area contributed by atoms with Crippen molar-refractivity contribution in [1.82, 2.24) is 0 Å². The van der Waals surface area contributed by atoms with E-state index < -0.39 is 0 Å². The van der Waals surface area contributed by atoms with Gasteiger partial charge >= 0.3 is 0 Å². The summed E-state index contributed by atoms with van der Waals surface area (Å²) in [6, 6.07) is 8.32. The van der Waals surface area contributed by atoms with Gasteiger partial charge in [0.1, 0.15) is 0 Å². The van der Waals surface area contributed by atoms with Gasteiger partial charge in [0.15, 0.2) is 0 Å². The normalized spacial score (nSPS) is 28.2. The number of hydrogen-bond acceptors (Lipinski definition) is 2. The first-order chi connectivity index (χ1) is 5.79. The van der Waals surface area contributed by atoms with Crippen LogP contribution in [-0.2, 0) is 0 Å². The van der Waals surface area contributed by atoms with E-state index in [1.54, 1.807) is 11.8 Å². The monoisotopic (exact) mass is 180 g/mol. The molecule has 0 spiro atoms. The summed E-state index contributed by atoms with van der Waals surface area (Å²) in [5.74, 6) is 1.13. The van der Waals surface area contributed by atoms with Gasteiger partial charge in [0, 0.05) is 16.6 Å². The summed E-state index contributed by atoms with van der Waals surface area (Å²) < 4.78 is 0. The maximum absolute atomic E-state index is 9.60. The highest BCUT2D eigenvalue weighted by atomic mass is 32.2. The molecule has 0 amide bonds. The van der Waals surface area contributed by atoms with Gasteiger partial charge in [-0.25, -0.2) is 0 Å². The van der Waals surface area contributed by atoms with Gasteiger partial charge in [-0.3, -0.25) is 0 Å². The van der Waals surface area contributed by atoms with Gasteiger partial charge in [-0.15, -0.1) is 11.8 Å². The number of hydrogen-bond donors (Lipinski definition) is 1. The molecule has 12 heavy (non-hydrogen) atoms. The zero-order chi connectivity index (χ0) is 8.55. The van der Waals surface area contributed by atoms with Crippen LogP contribution in [-0.4, -0.2) is 17.0 Å². The first-order valence-electron chi connectivity index (χ1n) is 4.19. The van der Waals surface area contributed by atoms with Gasteiger partial charge in [-0.1, -0.05) is 25.1 Å². The third-order valence-electron chi connectivity index (χ3n) is 2.40. The van der Waals surface area contributed by atoms with Gasteiger partial charge in [-0.05, 0) is 11.6 Å². The van der Waals surface area contributed by atoms with Gasteiger partial charge < -0.3 is 5.11 Å². The molecule has 2 atom stereocenters. The van der Waals surface area contributed by atoms with Crippen molar-refractivity contribution in [2.75, 3.05) is 5.75 Å². The second-order valence-electron chi connectivity index (χ2n) is 3.20. The Morgan fingerprint density at radius 3 is 3.00 bits per heavy atom. The highest BCUT2D eigenvalue weighted by Crippen LogP contribution is 2.36. The van der Waals surface area contributed by atoms with E-state index in [1.807, 2.05) is 6.07 Å². The third kappa shape index (κ3) is 1.25. The molecule has 0 bridgehead atoms. The molecule has 0 saturated heterocycles. The summed E-state index contributed by atoms with van der Waals surface area (Å²) in [6.07, 6.45) is -0.176. The van der Waals surface area contributed by atoms with Crippen molar-refractivity contribution in [2.24, 2.45) is 0 Å². The van der Waals surface area contributed by atoms with Gasteiger partial charge in [-0.2, -0.15) is 0 Å². The van der Waals surface area contributed by atoms with Crippen LogP contribution < -0.4 is 0 Å². The van der Waals surface area contributed by atoms with Crippen molar-refractivity contribution >= 4 is 11.8 Å². The fourth-order valence-corrected chi connectivity index (χ4v) is 2.75. The molecule has 2 heteroatoms. The van der Waals surface area contributed by atoms with E-state index in [0.717, 1.165) is 5.75 Å². The molecule has 0 fully saturated rings. The van der Waals surface area contributed by atoms with Crippen LogP contribution in [0.1, 0.15) is 18.4 Å². The smallest absolute Gasteiger partial charge is 0.0700 e. The molecular weight excluding hydrogens is 168 g/mol. The Morgan fingerprint density at radius 2 is 2.17 bits per heavy atom. The summed E-state index contributed by atoms with van der Waals surface area (Å²) in [7, 11) is 0. The molecular formula is C10H12OS. The summed E-state index contributed by atoms with van der Waals surface area (Å²) in [6.45, 7) is 2.09. The van der Waals surface area contributed by atoms with Crippen molar-refractivity contribution in [1.29, 1.82) is 0 Å². The first-order valence-corrected chi connectivity index (χ1v) is 5.17. The minimum Gasteiger partial charge on any atom is -0.392 e. The zero-order valence-corrected chi connectivity index (χ0v) is 7.84. The molecule has 1 aromatic carbocycles. The van der Waals surface area contributed by atoms with Crippen LogP contribution in [0, 0.1) is 0 Å². The van der Waals surface area contributed by atoms with Crippen LogP contribution in [0.25, 0.3) is 0 Å². The SMILES string of the molecule is C[C@@H]1c2ccccc2SC[C@H]1O. The van der Waals surface area contributed by atoms with E-state index in [-0.39, 0.29) is 6.10 Å². The van der Waals surface area contributed by atoms with Crippen molar-refractivity contribution in [3.63, 3.8) is 0 Å². The van der Waals surface area contributed by atoms with Gasteiger partial charge in [0.05, 0.1) is 6.10 Å². The van der Waals surface area contributed by atoms with Crippen molar-refractivity contribution < 1.29 is 5.11 Å². The third-order valence-corrected chi connectivity index (χ3v) is 3.59. The van der Waals surface area contributed by atoms with Crippen LogP contribution in [0.5, 0.6) is 0 Å². The predicted octanol–water partition coefficient (Wildman–Crippen LogP) is 2.26. The Hall–Kier alpha value is -0.470. The van der Waals surface area contributed by atoms with Crippen LogP contribution >= 0.6 is 11.8 Å². The number of fused-ring (bicyclic) bond motifs is 1. The summed E-state index contributed by atoms with van der Waals surface area (Å²) >= 11 is 1.75. The predicted molar refractivity (Wildman–Crippen MR) is 51.6 cm³/mol. The van der Waals surface area contributed by atoms with E-state index in [1.165, 1.54) is 10.5 Å². The molecule has 2 rings (SSSR count). The lowest BCUT2D eigenvalue weighted by molar-refractivity contribution is 0.170. The molecule has 0 saturated carbocycles. The van der Waals surface area contributed by atoms with Crippen molar-refractivity contribution in [2.45, 2.75) is 23.8 Å². The second-order valence-corrected chi connectivity index (χ2v) is 4.27. The molecule has 1 aliphatic rings. The van der Waals surface area contributed by atoms with Crippen LogP contribution in [0.15, 0.2) is 29.2 Å². The molecule has 0 aliphatic carbocycles. The fraction of sp³-hybridized carbons (Fsp3) is 0.400. The summed E-state index contributed by atoms with van der Waals surface area (Å²) in [4.78, 5) is 1.33. The molecule has 64 valence electrons. The highest BCUT2D eigenvalue weighted by molar-refractivity contribution is 7.99. The minimum absolute atomic E-state index is 0.176. The standard InChI is InChI=1S/C10H12OS/c1-7-8-4-2-3-5-10(8)12-6-9(7)11/h2-5,7,9,11H,6H2,1H3/t7-,9-/m1/s1. The lowest BCUT2D eigenvalue weighted by Crippen LogP contribution is -2.22. The lowest BCUT2D eigenvalue weighted by atomic mass is 9.96. The summed E-state index contributed by atoms with van der Waals surface area (Å²) in [5.41, 5.74) is 1.29. The fourth-order valence-electron chi connectivity index (χ4n) is 1.51. The molecule has 1 aliphatic heterocycles. The minimum atomic E-state index is -0.176. The molecule has 0 aromatic heterocycles. The van der Waals surface area contributed by atoms with E-state index in [4.69, 9.17) is 0 Å². The van der Waals surface area contributed by atoms with Crippen molar-refractivity contribution in [3.8, 4) is 0 Å². The maximum atomic E-state index is 9.60. The topological polar surface area (TPSA) is 20.2 Å².